The van der Waals surface area contributed by atoms with E-state index in [1.54, 1.807) is 13.0 Å². The van der Waals surface area contributed by atoms with Crippen molar-refractivity contribution < 1.29 is 19.1 Å². The van der Waals surface area contributed by atoms with Gasteiger partial charge in [0.05, 0.1) is 24.7 Å². The average molecular weight is 252 g/mol. The van der Waals surface area contributed by atoms with E-state index in [9.17, 15) is 9.59 Å². The van der Waals surface area contributed by atoms with Crippen LogP contribution in [-0.4, -0.2) is 30.6 Å². The second-order valence-corrected chi connectivity index (χ2v) is 5.66. The minimum atomic E-state index is -0.833. The van der Waals surface area contributed by atoms with Crippen LogP contribution in [0.4, 0.5) is 0 Å². The van der Waals surface area contributed by atoms with Crippen molar-refractivity contribution >= 4 is 11.8 Å². The SMILES string of the molecule is COC(=O)C1=C[C@@H]2O[C@@]1(C)[C@H](C)C(=O)[C@H]2C(C)C. The molecule has 0 saturated carbocycles. The van der Waals surface area contributed by atoms with E-state index in [1.807, 2.05) is 20.8 Å². The molecule has 0 amide bonds. The normalized spacial score (nSPS) is 38.9. The number of esters is 1. The van der Waals surface area contributed by atoms with Gasteiger partial charge in [-0.2, -0.15) is 0 Å². The van der Waals surface area contributed by atoms with Gasteiger partial charge in [-0.05, 0) is 18.9 Å². The van der Waals surface area contributed by atoms with Crippen molar-refractivity contribution in [3.63, 3.8) is 0 Å². The van der Waals surface area contributed by atoms with Crippen molar-refractivity contribution in [2.24, 2.45) is 17.8 Å². The van der Waals surface area contributed by atoms with E-state index in [2.05, 4.69) is 0 Å². The van der Waals surface area contributed by atoms with Gasteiger partial charge < -0.3 is 9.47 Å². The number of ketones is 1. The van der Waals surface area contributed by atoms with E-state index in [-0.39, 0.29) is 29.6 Å². The molecule has 4 heteroatoms. The highest BCUT2D eigenvalue weighted by atomic mass is 16.5. The number of carbonyl (C=O) groups excluding carboxylic acids is 2. The smallest absolute Gasteiger partial charge is 0.336 e. The number of Topliss-reactive ketones (excluding diaryl/α,β-unsaturated/α-hetero) is 1. The predicted octanol–water partition coefficient (Wildman–Crippen LogP) is 1.73. The Bertz CT molecular complexity index is 424. The number of ether oxygens (including phenoxy) is 2. The van der Waals surface area contributed by atoms with Crippen LogP contribution in [0.5, 0.6) is 0 Å². The third kappa shape index (κ3) is 1.62. The largest absolute Gasteiger partial charge is 0.466 e. The summed E-state index contributed by atoms with van der Waals surface area (Å²) < 4.78 is 10.8. The van der Waals surface area contributed by atoms with E-state index in [0.29, 0.717) is 5.57 Å². The first-order valence-electron chi connectivity index (χ1n) is 6.35. The van der Waals surface area contributed by atoms with Gasteiger partial charge in [0.25, 0.3) is 0 Å². The highest BCUT2D eigenvalue weighted by molar-refractivity contribution is 5.96. The Hall–Kier alpha value is -1.16. The first-order valence-corrected chi connectivity index (χ1v) is 6.35. The molecule has 0 radical (unpaired) electrons. The average Bonchev–Trinajstić information content (AvgIpc) is 2.61. The van der Waals surface area contributed by atoms with Gasteiger partial charge in [-0.3, -0.25) is 4.79 Å². The summed E-state index contributed by atoms with van der Waals surface area (Å²) in [5.74, 6) is -0.519. The fourth-order valence-electron chi connectivity index (χ4n) is 3.03. The number of fused-ring (bicyclic) bond motifs is 2. The molecular formula is C14H20O4. The zero-order chi connectivity index (χ0) is 13.7. The standard InChI is InChI=1S/C14H20O4/c1-7(2)11-10-6-9(13(16)17-5)14(4,18-10)8(3)12(11)15/h6-8,10-11H,1-5H3/t8-,10+,11+,14+/m1/s1. The van der Waals surface area contributed by atoms with Crippen LogP contribution in [0, 0.1) is 17.8 Å². The summed E-state index contributed by atoms with van der Waals surface area (Å²) in [6.07, 6.45) is 1.48. The lowest BCUT2D eigenvalue weighted by Gasteiger charge is -2.41. The quantitative estimate of drug-likeness (QED) is 0.702. The Morgan fingerprint density at radius 2 is 2.11 bits per heavy atom. The van der Waals surface area contributed by atoms with Crippen molar-refractivity contribution in [2.45, 2.75) is 39.4 Å². The highest BCUT2D eigenvalue weighted by Gasteiger charge is 2.57. The molecule has 0 aromatic rings. The van der Waals surface area contributed by atoms with E-state index in [1.165, 1.54) is 7.11 Å². The first-order chi connectivity index (χ1) is 8.32. The van der Waals surface area contributed by atoms with Crippen LogP contribution in [-0.2, 0) is 19.1 Å². The molecule has 0 aliphatic carbocycles. The molecule has 0 aromatic carbocycles. The zero-order valence-corrected chi connectivity index (χ0v) is 11.5. The molecule has 0 N–H and O–H groups in total. The van der Waals surface area contributed by atoms with Gasteiger partial charge in [-0.1, -0.05) is 20.8 Å². The summed E-state index contributed by atoms with van der Waals surface area (Å²) in [6.45, 7) is 7.64. The molecule has 2 rings (SSSR count). The van der Waals surface area contributed by atoms with Crippen LogP contribution < -0.4 is 0 Å². The van der Waals surface area contributed by atoms with E-state index in [0.717, 1.165) is 0 Å². The number of hydrogen-bond donors (Lipinski definition) is 0. The minimum absolute atomic E-state index is 0.171. The molecule has 18 heavy (non-hydrogen) atoms. The second kappa shape index (κ2) is 4.19. The summed E-state index contributed by atoms with van der Waals surface area (Å²) in [5, 5.41) is 0. The van der Waals surface area contributed by atoms with Gasteiger partial charge in [0, 0.05) is 5.92 Å². The van der Waals surface area contributed by atoms with E-state index < -0.39 is 11.6 Å². The van der Waals surface area contributed by atoms with Crippen LogP contribution in [0.2, 0.25) is 0 Å². The fourth-order valence-corrected chi connectivity index (χ4v) is 3.03. The molecule has 1 fully saturated rings. The van der Waals surface area contributed by atoms with Gasteiger partial charge in [-0.15, -0.1) is 0 Å². The van der Waals surface area contributed by atoms with Gasteiger partial charge in [0.15, 0.2) is 0 Å². The molecule has 2 aliphatic heterocycles. The molecule has 1 saturated heterocycles. The lowest BCUT2D eigenvalue weighted by Crippen LogP contribution is -2.52. The van der Waals surface area contributed by atoms with Crippen LogP contribution in [0.3, 0.4) is 0 Å². The molecule has 2 heterocycles. The lowest BCUT2D eigenvalue weighted by molar-refractivity contribution is -0.164. The Morgan fingerprint density at radius 3 is 2.61 bits per heavy atom. The van der Waals surface area contributed by atoms with Gasteiger partial charge in [0.2, 0.25) is 0 Å². The monoisotopic (exact) mass is 252 g/mol. The third-order valence-corrected chi connectivity index (χ3v) is 4.31. The van der Waals surface area contributed by atoms with Crippen molar-refractivity contribution in [3.8, 4) is 0 Å². The molecule has 4 nitrogen and oxygen atoms in total. The molecule has 2 aliphatic rings. The summed E-state index contributed by atoms with van der Waals surface area (Å²) in [7, 11) is 1.35. The topological polar surface area (TPSA) is 52.6 Å². The van der Waals surface area contributed by atoms with Crippen molar-refractivity contribution in [2.75, 3.05) is 7.11 Å². The summed E-state index contributed by atoms with van der Waals surface area (Å²) in [6, 6.07) is 0. The summed E-state index contributed by atoms with van der Waals surface area (Å²) in [4.78, 5) is 24.2. The van der Waals surface area contributed by atoms with Gasteiger partial charge >= 0.3 is 5.97 Å². The van der Waals surface area contributed by atoms with Crippen LogP contribution in [0.25, 0.3) is 0 Å². The second-order valence-electron chi connectivity index (χ2n) is 5.66. The van der Waals surface area contributed by atoms with Crippen LogP contribution >= 0.6 is 0 Å². The Kier molecular flexibility index (Phi) is 3.09. The summed E-state index contributed by atoms with van der Waals surface area (Å²) >= 11 is 0. The van der Waals surface area contributed by atoms with Crippen LogP contribution in [0.15, 0.2) is 11.6 Å². The van der Waals surface area contributed by atoms with Gasteiger partial charge in [0.1, 0.15) is 11.4 Å². The maximum absolute atomic E-state index is 12.4. The number of methoxy groups -OCH3 is 1. The molecular weight excluding hydrogens is 232 g/mol. The van der Waals surface area contributed by atoms with Gasteiger partial charge in [-0.25, -0.2) is 4.79 Å². The van der Waals surface area contributed by atoms with Crippen molar-refractivity contribution in [1.82, 2.24) is 0 Å². The lowest BCUT2D eigenvalue weighted by atomic mass is 9.74. The number of rotatable bonds is 2. The molecule has 100 valence electrons. The fraction of sp³-hybridized carbons (Fsp3) is 0.714. The maximum atomic E-state index is 12.4. The van der Waals surface area contributed by atoms with Crippen molar-refractivity contribution in [3.05, 3.63) is 11.6 Å². The molecule has 0 unspecified atom stereocenters. The molecule has 0 aromatic heterocycles. The van der Waals surface area contributed by atoms with Crippen molar-refractivity contribution in [1.29, 1.82) is 0 Å². The van der Waals surface area contributed by atoms with E-state index >= 15 is 0 Å². The molecule has 4 atom stereocenters. The highest BCUT2D eigenvalue weighted by Crippen LogP contribution is 2.47. The Balaban J connectivity index is 2.44. The molecule has 0 spiro atoms. The number of hydrogen-bond acceptors (Lipinski definition) is 4. The Labute approximate surface area is 107 Å². The summed E-state index contributed by atoms with van der Waals surface area (Å²) in [5.41, 5.74) is -0.348. The Morgan fingerprint density at radius 1 is 1.50 bits per heavy atom. The third-order valence-electron chi connectivity index (χ3n) is 4.31. The zero-order valence-electron chi connectivity index (χ0n) is 11.5. The van der Waals surface area contributed by atoms with E-state index in [4.69, 9.17) is 9.47 Å². The molecule has 2 bridgehead atoms. The minimum Gasteiger partial charge on any atom is -0.466 e. The maximum Gasteiger partial charge on any atom is 0.336 e. The predicted molar refractivity (Wildman–Crippen MR) is 65.9 cm³/mol. The van der Waals surface area contributed by atoms with Crippen LogP contribution in [0.1, 0.15) is 27.7 Å². The first kappa shape index (κ1) is 13.3. The number of carbonyl (C=O) groups is 2.